The molecule has 0 spiro atoms. The Morgan fingerprint density at radius 3 is 2.76 bits per heavy atom. The van der Waals surface area contributed by atoms with Crippen LogP contribution in [-0.4, -0.2) is 35.4 Å². The van der Waals surface area contributed by atoms with Crippen molar-refractivity contribution in [1.29, 1.82) is 0 Å². The Hall–Kier alpha value is -0.600. The van der Waals surface area contributed by atoms with Gasteiger partial charge in [0, 0.05) is 20.0 Å². The van der Waals surface area contributed by atoms with Gasteiger partial charge in [-0.2, -0.15) is 0 Å². The lowest BCUT2D eigenvalue weighted by Gasteiger charge is -2.16. The molecule has 17 heavy (non-hydrogen) atoms. The molecule has 3 N–H and O–H groups in total. The highest BCUT2D eigenvalue weighted by molar-refractivity contribution is 9.12. The van der Waals surface area contributed by atoms with Crippen molar-refractivity contribution in [2.75, 3.05) is 13.6 Å². The van der Waals surface area contributed by atoms with Gasteiger partial charge in [0.2, 0.25) is 0 Å². The molecule has 0 aliphatic rings. The van der Waals surface area contributed by atoms with Crippen molar-refractivity contribution in [3.05, 3.63) is 19.2 Å². The average Bonchev–Trinajstić information content (AvgIpc) is 2.63. The summed E-state index contributed by atoms with van der Waals surface area (Å²) in [5, 5.41) is 11.3. The van der Waals surface area contributed by atoms with E-state index < -0.39 is 0 Å². The SMILES string of the molecule is CN(CC/C(N)=N/O)C(=O)c1cc(Br)sc1Br. The van der Waals surface area contributed by atoms with Crippen LogP contribution in [0.1, 0.15) is 16.8 Å². The maximum atomic E-state index is 12.0. The third kappa shape index (κ3) is 3.97. The Bertz CT molecular complexity index is 447. The smallest absolute Gasteiger partial charge is 0.255 e. The third-order valence-electron chi connectivity index (χ3n) is 2.07. The molecule has 0 saturated heterocycles. The van der Waals surface area contributed by atoms with Crippen LogP contribution in [0.4, 0.5) is 0 Å². The van der Waals surface area contributed by atoms with Crippen LogP contribution in [0.5, 0.6) is 0 Å². The van der Waals surface area contributed by atoms with Gasteiger partial charge in [0.05, 0.1) is 13.1 Å². The molecule has 0 atom stereocenters. The van der Waals surface area contributed by atoms with Gasteiger partial charge in [-0.15, -0.1) is 11.3 Å². The monoisotopic (exact) mass is 383 g/mol. The number of hydrogen-bond acceptors (Lipinski definition) is 4. The van der Waals surface area contributed by atoms with Crippen LogP contribution in [0.25, 0.3) is 0 Å². The van der Waals surface area contributed by atoms with E-state index in [1.807, 2.05) is 0 Å². The van der Waals surface area contributed by atoms with Gasteiger partial charge in [0.1, 0.15) is 5.84 Å². The van der Waals surface area contributed by atoms with E-state index in [9.17, 15) is 4.79 Å². The normalized spacial score (nSPS) is 11.6. The molecule has 0 aliphatic heterocycles. The van der Waals surface area contributed by atoms with E-state index >= 15 is 0 Å². The fourth-order valence-corrected chi connectivity index (χ4v) is 3.90. The Balaban J connectivity index is 2.67. The second-order valence-electron chi connectivity index (χ2n) is 3.31. The van der Waals surface area contributed by atoms with Gasteiger partial charge >= 0.3 is 0 Å². The van der Waals surface area contributed by atoms with Crippen molar-refractivity contribution in [3.63, 3.8) is 0 Å². The van der Waals surface area contributed by atoms with Gasteiger partial charge in [-0.3, -0.25) is 4.79 Å². The predicted octanol–water partition coefficient (Wildman–Crippen LogP) is 2.48. The van der Waals surface area contributed by atoms with E-state index in [4.69, 9.17) is 10.9 Å². The zero-order valence-electron chi connectivity index (χ0n) is 8.98. The first kappa shape index (κ1) is 14.5. The molecule has 0 aromatic carbocycles. The standard InChI is InChI=1S/C9H11Br2N3O2S/c1-14(3-2-7(12)13-16)9(15)5-4-6(10)17-8(5)11/h4,16H,2-3H2,1H3,(H2,12,13). The van der Waals surface area contributed by atoms with Crippen molar-refractivity contribution in [2.24, 2.45) is 10.9 Å². The van der Waals surface area contributed by atoms with Gasteiger partial charge in [-0.05, 0) is 37.9 Å². The molecule has 0 unspecified atom stereocenters. The van der Waals surface area contributed by atoms with E-state index in [0.717, 1.165) is 7.57 Å². The zero-order valence-corrected chi connectivity index (χ0v) is 13.0. The zero-order chi connectivity index (χ0) is 13.0. The highest BCUT2D eigenvalue weighted by Gasteiger charge is 2.17. The summed E-state index contributed by atoms with van der Waals surface area (Å²) >= 11 is 8.09. The fourth-order valence-electron chi connectivity index (χ4n) is 1.13. The summed E-state index contributed by atoms with van der Waals surface area (Å²) < 4.78 is 1.67. The molecule has 1 amide bonds. The van der Waals surface area contributed by atoms with Gasteiger partial charge in [-0.1, -0.05) is 5.16 Å². The van der Waals surface area contributed by atoms with E-state index in [1.54, 1.807) is 13.1 Å². The molecular formula is C9H11Br2N3O2S. The molecule has 1 aromatic heterocycles. The molecule has 0 bridgehead atoms. The minimum atomic E-state index is -0.107. The second-order valence-corrected chi connectivity index (χ2v) is 7.06. The number of amides is 1. The van der Waals surface area contributed by atoms with Crippen LogP contribution in [0.15, 0.2) is 18.8 Å². The molecule has 0 aliphatic carbocycles. The second kappa shape index (κ2) is 6.36. The van der Waals surface area contributed by atoms with Crippen LogP contribution < -0.4 is 5.73 Å². The lowest BCUT2D eigenvalue weighted by atomic mass is 10.3. The maximum Gasteiger partial charge on any atom is 0.255 e. The summed E-state index contributed by atoms with van der Waals surface area (Å²) in [5.41, 5.74) is 5.94. The van der Waals surface area contributed by atoms with E-state index in [2.05, 4.69) is 37.0 Å². The number of nitrogens with two attached hydrogens (primary N) is 1. The number of thiophene rings is 1. The van der Waals surface area contributed by atoms with Gasteiger partial charge in [0.15, 0.2) is 0 Å². The minimum absolute atomic E-state index is 0.107. The average molecular weight is 385 g/mol. The van der Waals surface area contributed by atoms with Crippen LogP contribution >= 0.6 is 43.2 Å². The first-order chi connectivity index (χ1) is 7.95. The lowest BCUT2D eigenvalue weighted by molar-refractivity contribution is 0.0798. The molecule has 1 aromatic rings. The summed E-state index contributed by atoms with van der Waals surface area (Å²) in [5.74, 6) is -0.000204. The summed E-state index contributed by atoms with van der Waals surface area (Å²) in [4.78, 5) is 13.5. The molecule has 94 valence electrons. The third-order valence-corrected chi connectivity index (χ3v) is 4.40. The van der Waals surface area contributed by atoms with Crippen LogP contribution in [-0.2, 0) is 0 Å². The van der Waals surface area contributed by atoms with Crippen LogP contribution in [0, 0.1) is 0 Å². The Labute approximate surface area is 120 Å². The maximum absolute atomic E-state index is 12.0. The van der Waals surface area contributed by atoms with Gasteiger partial charge < -0.3 is 15.8 Å². The summed E-state index contributed by atoms with van der Waals surface area (Å²) in [6, 6.07) is 1.76. The summed E-state index contributed by atoms with van der Waals surface area (Å²) in [6.45, 7) is 0.397. The van der Waals surface area contributed by atoms with Crippen molar-refractivity contribution in [1.82, 2.24) is 4.90 Å². The van der Waals surface area contributed by atoms with E-state index in [1.165, 1.54) is 16.2 Å². The number of carbonyl (C=O) groups is 1. The number of amidine groups is 1. The summed E-state index contributed by atoms with van der Waals surface area (Å²) in [7, 11) is 1.67. The highest BCUT2D eigenvalue weighted by atomic mass is 79.9. The fraction of sp³-hybridized carbons (Fsp3) is 0.333. The molecule has 0 saturated carbocycles. The number of nitrogens with zero attached hydrogens (tertiary/aromatic N) is 2. The largest absolute Gasteiger partial charge is 0.409 e. The molecular weight excluding hydrogens is 374 g/mol. The van der Waals surface area contributed by atoms with Crippen molar-refractivity contribution in [2.45, 2.75) is 6.42 Å². The van der Waals surface area contributed by atoms with E-state index in [0.29, 0.717) is 18.5 Å². The molecule has 0 radical (unpaired) electrons. The molecule has 0 fully saturated rings. The number of hydrogen-bond donors (Lipinski definition) is 2. The number of oxime groups is 1. The predicted molar refractivity (Wildman–Crippen MR) is 74.7 cm³/mol. The lowest BCUT2D eigenvalue weighted by Crippen LogP contribution is -2.30. The number of carbonyl (C=O) groups excluding carboxylic acids is 1. The molecule has 5 nitrogen and oxygen atoms in total. The Kier molecular flexibility index (Phi) is 5.41. The molecule has 8 heteroatoms. The number of halogens is 2. The van der Waals surface area contributed by atoms with Crippen molar-refractivity contribution < 1.29 is 10.0 Å². The highest BCUT2D eigenvalue weighted by Crippen LogP contribution is 2.32. The first-order valence-corrected chi connectivity index (χ1v) is 7.02. The van der Waals surface area contributed by atoms with Crippen molar-refractivity contribution >= 4 is 54.9 Å². The number of rotatable bonds is 4. The van der Waals surface area contributed by atoms with E-state index in [-0.39, 0.29) is 11.7 Å². The summed E-state index contributed by atoms with van der Waals surface area (Å²) in [6.07, 6.45) is 0.335. The van der Waals surface area contributed by atoms with Crippen molar-refractivity contribution in [3.8, 4) is 0 Å². The van der Waals surface area contributed by atoms with Gasteiger partial charge in [0.25, 0.3) is 5.91 Å². The topological polar surface area (TPSA) is 78.9 Å². The molecule has 1 rings (SSSR count). The Morgan fingerprint density at radius 2 is 2.29 bits per heavy atom. The van der Waals surface area contributed by atoms with Gasteiger partial charge in [-0.25, -0.2) is 0 Å². The quantitative estimate of drug-likeness (QED) is 0.362. The van der Waals surface area contributed by atoms with Crippen LogP contribution in [0.2, 0.25) is 0 Å². The molecule has 1 heterocycles. The van der Waals surface area contributed by atoms with Crippen LogP contribution in [0.3, 0.4) is 0 Å². The minimum Gasteiger partial charge on any atom is -0.409 e. The Morgan fingerprint density at radius 1 is 1.65 bits per heavy atom. The first-order valence-electron chi connectivity index (χ1n) is 4.62.